The minimum absolute atomic E-state index is 0.0491. The van der Waals surface area contributed by atoms with Gasteiger partial charge in [0.15, 0.2) is 0 Å². The van der Waals surface area contributed by atoms with E-state index in [1.807, 2.05) is 11.0 Å². The molecule has 1 heterocycles. The van der Waals surface area contributed by atoms with Crippen LogP contribution in [0.2, 0.25) is 0 Å². The molecule has 1 aliphatic heterocycles. The first-order chi connectivity index (χ1) is 12.0. The van der Waals surface area contributed by atoms with Gasteiger partial charge in [-0.25, -0.2) is 8.42 Å². The maximum absolute atomic E-state index is 12.9. The second-order valence-corrected chi connectivity index (χ2v) is 8.58. The molecule has 1 aliphatic carbocycles. The SMILES string of the molecule is N#Cc1ccccc1S(=O)(=O)N1CCCN(C(=O)C2CCCC2)CC1. The summed E-state index contributed by atoms with van der Waals surface area (Å²) in [5, 5.41) is 9.19. The fourth-order valence-corrected chi connectivity index (χ4v) is 5.32. The molecular formula is C18H23N3O3S. The van der Waals surface area contributed by atoms with Crippen molar-refractivity contribution in [3.63, 3.8) is 0 Å². The molecule has 0 aromatic heterocycles. The Bertz CT molecular complexity index is 779. The van der Waals surface area contributed by atoms with Crippen LogP contribution in [0.1, 0.15) is 37.7 Å². The highest BCUT2D eigenvalue weighted by atomic mass is 32.2. The first kappa shape index (κ1) is 17.9. The molecule has 0 atom stereocenters. The number of amides is 1. The van der Waals surface area contributed by atoms with Crippen molar-refractivity contribution in [3.8, 4) is 6.07 Å². The van der Waals surface area contributed by atoms with Gasteiger partial charge in [0.2, 0.25) is 15.9 Å². The lowest BCUT2D eigenvalue weighted by atomic mass is 10.1. The molecule has 1 saturated heterocycles. The van der Waals surface area contributed by atoms with E-state index < -0.39 is 10.0 Å². The number of hydrogen-bond acceptors (Lipinski definition) is 4. The molecule has 0 radical (unpaired) electrons. The van der Waals surface area contributed by atoms with E-state index in [0.717, 1.165) is 25.7 Å². The first-order valence-electron chi connectivity index (χ1n) is 8.82. The number of sulfonamides is 1. The smallest absolute Gasteiger partial charge is 0.244 e. The van der Waals surface area contributed by atoms with Gasteiger partial charge in [-0.3, -0.25) is 4.79 Å². The van der Waals surface area contributed by atoms with Crippen LogP contribution >= 0.6 is 0 Å². The van der Waals surface area contributed by atoms with E-state index in [0.29, 0.717) is 26.1 Å². The highest BCUT2D eigenvalue weighted by Crippen LogP contribution is 2.27. The molecule has 2 fully saturated rings. The zero-order valence-electron chi connectivity index (χ0n) is 14.2. The molecule has 3 rings (SSSR count). The van der Waals surface area contributed by atoms with Gasteiger partial charge in [0.05, 0.1) is 10.5 Å². The zero-order valence-corrected chi connectivity index (χ0v) is 15.0. The highest BCUT2D eigenvalue weighted by Gasteiger charge is 2.32. The van der Waals surface area contributed by atoms with Crippen molar-refractivity contribution in [3.05, 3.63) is 29.8 Å². The van der Waals surface area contributed by atoms with Crippen LogP contribution in [0.25, 0.3) is 0 Å². The Kier molecular flexibility index (Phi) is 5.40. The molecule has 0 bridgehead atoms. The predicted molar refractivity (Wildman–Crippen MR) is 93.1 cm³/mol. The van der Waals surface area contributed by atoms with Gasteiger partial charge >= 0.3 is 0 Å². The molecule has 25 heavy (non-hydrogen) atoms. The Morgan fingerprint density at radius 3 is 2.48 bits per heavy atom. The number of benzene rings is 1. The lowest BCUT2D eigenvalue weighted by Gasteiger charge is -2.24. The van der Waals surface area contributed by atoms with E-state index in [2.05, 4.69) is 0 Å². The van der Waals surface area contributed by atoms with E-state index in [1.165, 1.54) is 16.4 Å². The summed E-state index contributed by atoms with van der Waals surface area (Å²) < 4.78 is 27.3. The Morgan fingerprint density at radius 2 is 1.76 bits per heavy atom. The monoisotopic (exact) mass is 361 g/mol. The van der Waals surface area contributed by atoms with E-state index >= 15 is 0 Å². The summed E-state index contributed by atoms with van der Waals surface area (Å²) >= 11 is 0. The van der Waals surface area contributed by atoms with Crippen molar-refractivity contribution < 1.29 is 13.2 Å². The minimum atomic E-state index is -3.72. The number of nitrogens with zero attached hydrogens (tertiary/aromatic N) is 3. The van der Waals surface area contributed by atoms with Crippen LogP contribution in [0.15, 0.2) is 29.2 Å². The third-order valence-electron chi connectivity index (χ3n) is 5.10. The Morgan fingerprint density at radius 1 is 1.04 bits per heavy atom. The summed E-state index contributed by atoms with van der Waals surface area (Å²) in [6, 6.07) is 8.22. The van der Waals surface area contributed by atoms with Crippen molar-refractivity contribution >= 4 is 15.9 Å². The highest BCUT2D eigenvalue weighted by molar-refractivity contribution is 7.89. The van der Waals surface area contributed by atoms with Crippen molar-refractivity contribution in [2.45, 2.75) is 37.0 Å². The van der Waals surface area contributed by atoms with Crippen LogP contribution in [0.4, 0.5) is 0 Å². The van der Waals surface area contributed by atoms with E-state index in [1.54, 1.807) is 12.1 Å². The first-order valence-corrected chi connectivity index (χ1v) is 10.3. The normalized spacial score (nSPS) is 20.2. The summed E-state index contributed by atoms with van der Waals surface area (Å²) in [5.41, 5.74) is 0.158. The van der Waals surface area contributed by atoms with Crippen molar-refractivity contribution in [1.82, 2.24) is 9.21 Å². The molecule has 7 heteroatoms. The van der Waals surface area contributed by atoms with E-state index in [4.69, 9.17) is 0 Å². The topological polar surface area (TPSA) is 81.5 Å². The van der Waals surface area contributed by atoms with Gasteiger partial charge in [-0.15, -0.1) is 0 Å². The maximum Gasteiger partial charge on any atom is 0.244 e. The quantitative estimate of drug-likeness (QED) is 0.824. The number of rotatable bonds is 3. The maximum atomic E-state index is 12.9. The minimum Gasteiger partial charge on any atom is -0.341 e. The molecule has 0 N–H and O–H groups in total. The summed E-state index contributed by atoms with van der Waals surface area (Å²) in [6.45, 7) is 1.67. The van der Waals surface area contributed by atoms with Crippen LogP contribution in [-0.2, 0) is 14.8 Å². The van der Waals surface area contributed by atoms with Crippen LogP contribution in [-0.4, -0.2) is 49.7 Å². The van der Waals surface area contributed by atoms with Gasteiger partial charge in [-0.2, -0.15) is 9.57 Å². The molecule has 1 amide bonds. The zero-order chi connectivity index (χ0) is 17.9. The number of carbonyl (C=O) groups excluding carboxylic acids is 1. The second kappa shape index (κ2) is 7.54. The molecule has 2 aliphatic rings. The molecule has 6 nitrogen and oxygen atoms in total. The average molecular weight is 361 g/mol. The standard InChI is InChI=1S/C18H23N3O3S/c19-14-16-8-3-4-9-17(16)25(23,24)21-11-5-10-20(12-13-21)18(22)15-6-1-2-7-15/h3-4,8-9,15H,1-2,5-7,10-13H2. The molecule has 1 saturated carbocycles. The molecule has 0 unspecified atom stereocenters. The molecule has 0 spiro atoms. The van der Waals surface area contributed by atoms with Gasteiger partial charge in [-0.1, -0.05) is 25.0 Å². The van der Waals surface area contributed by atoms with Gasteiger partial charge in [0, 0.05) is 32.1 Å². The van der Waals surface area contributed by atoms with Crippen LogP contribution in [0.3, 0.4) is 0 Å². The van der Waals surface area contributed by atoms with E-state index in [-0.39, 0.29) is 28.8 Å². The van der Waals surface area contributed by atoms with Crippen molar-refractivity contribution in [1.29, 1.82) is 5.26 Å². The summed E-state index contributed by atoms with van der Waals surface area (Å²) in [7, 11) is -3.72. The lowest BCUT2D eigenvalue weighted by molar-refractivity contribution is -0.135. The fourth-order valence-electron chi connectivity index (χ4n) is 3.71. The van der Waals surface area contributed by atoms with Gasteiger partial charge in [-0.05, 0) is 31.4 Å². The van der Waals surface area contributed by atoms with E-state index in [9.17, 15) is 18.5 Å². The molecule has 1 aromatic rings. The van der Waals surface area contributed by atoms with Crippen LogP contribution in [0.5, 0.6) is 0 Å². The Labute approximate surface area is 149 Å². The van der Waals surface area contributed by atoms with Crippen molar-refractivity contribution in [2.24, 2.45) is 5.92 Å². The summed E-state index contributed by atoms with van der Waals surface area (Å²) in [4.78, 5) is 14.5. The largest absolute Gasteiger partial charge is 0.341 e. The van der Waals surface area contributed by atoms with Crippen molar-refractivity contribution in [2.75, 3.05) is 26.2 Å². The molecule has 134 valence electrons. The van der Waals surface area contributed by atoms with Gasteiger partial charge in [0.25, 0.3) is 0 Å². The third kappa shape index (κ3) is 3.70. The number of nitriles is 1. The molecular weight excluding hydrogens is 338 g/mol. The predicted octanol–water partition coefficient (Wildman–Crippen LogP) is 1.97. The van der Waals surface area contributed by atoms with Crippen LogP contribution in [0, 0.1) is 17.2 Å². The Balaban J connectivity index is 1.74. The van der Waals surface area contributed by atoms with Gasteiger partial charge < -0.3 is 4.90 Å². The molecule has 1 aromatic carbocycles. The van der Waals surface area contributed by atoms with Gasteiger partial charge in [0.1, 0.15) is 6.07 Å². The lowest BCUT2D eigenvalue weighted by Crippen LogP contribution is -2.39. The number of carbonyl (C=O) groups is 1. The number of hydrogen-bond donors (Lipinski definition) is 0. The van der Waals surface area contributed by atoms with Crippen LogP contribution < -0.4 is 0 Å². The average Bonchev–Trinajstić information content (AvgIpc) is 3.05. The summed E-state index contributed by atoms with van der Waals surface area (Å²) in [5.74, 6) is 0.289. The fraction of sp³-hybridized carbons (Fsp3) is 0.556. The second-order valence-electron chi connectivity index (χ2n) is 6.67. The Hall–Kier alpha value is -1.91. The summed E-state index contributed by atoms with van der Waals surface area (Å²) in [6.07, 6.45) is 4.73. The third-order valence-corrected chi connectivity index (χ3v) is 7.05.